The lowest BCUT2D eigenvalue weighted by molar-refractivity contribution is 0.126. The molecule has 32 heavy (non-hydrogen) atoms. The van der Waals surface area contributed by atoms with Crippen LogP contribution in [0, 0.1) is 0 Å². The Bertz CT molecular complexity index is 786. The molecule has 174 valence electrons. The molecule has 2 amide bonds. The number of hydrogen-bond donors (Lipinski definition) is 2. The van der Waals surface area contributed by atoms with Gasteiger partial charge in [0.05, 0.1) is 6.04 Å². The summed E-state index contributed by atoms with van der Waals surface area (Å²) < 4.78 is 0. The second-order valence-electron chi connectivity index (χ2n) is 8.87. The molecule has 1 unspecified atom stereocenters. The minimum Gasteiger partial charge on any atom is -0.338 e. The molecular formula is C25H37N5OS. The van der Waals surface area contributed by atoms with Crippen molar-refractivity contribution >= 4 is 17.4 Å². The third-order valence-corrected chi connectivity index (χ3v) is 7.53. The van der Waals surface area contributed by atoms with Crippen molar-refractivity contribution in [1.29, 1.82) is 0 Å². The molecule has 0 aliphatic carbocycles. The molecule has 0 bridgehead atoms. The number of nitrogens with zero attached hydrogens (tertiary/aromatic N) is 3. The molecule has 4 rings (SSSR count). The first kappa shape index (κ1) is 23.2. The quantitative estimate of drug-likeness (QED) is 0.539. The number of piperazine rings is 1. The van der Waals surface area contributed by atoms with Crippen molar-refractivity contribution in [2.75, 3.05) is 58.9 Å². The summed E-state index contributed by atoms with van der Waals surface area (Å²) in [6.45, 7) is 10.2. The average Bonchev–Trinajstić information content (AvgIpc) is 3.54. The monoisotopic (exact) mass is 455 g/mol. The van der Waals surface area contributed by atoms with E-state index in [4.69, 9.17) is 0 Å². The largest absolute Gasteiger partial charge is 0.338 e. The van der Waals surface area contributed by atoms with Gasteiger partial charge in [-0.2, -0.15) is 0 Å². The van der Waals surface area contributed by atoms with Crippen LogP contribution in [0.1, 0.15) is 35.7 Å². The smallest absolute Gasteiger partial charge is 0.314 e. The number of rotatable bonds is 10. The van der Waals surface area contributed by atoms with E-state index in [1.54, 1.807) is 11.3 Å². The van der Waals surface area contributed by atoms with E-state index in [0.717, 1.165) is 65.3 Å². The third kappa shape index (κ3) is 7.04. The normalized spacial score (nSPS) is 19.1. The average molecular weight is 456 g/mol. The van der Waals surface area contributed by atoms with E-state index in [9.17, 15) is 4.79 Å². The van der Waals surface area contributed by atoms with Crippen LogP contribution in [0.5, 0.6) is 0 Å². The van der Waals surface area contributed by atoms with Crippen LogP contribution < -0.4 is 10.6 Å². The Hall–Kier alpha value is -1.93. The van der Waals surface area contributed by atoms with E-state index >= 15 is 0 Å². The van der Waals surface area contributed by atoms with Crippen molar-refractivity contribution in [3.8, 4) is 0 Å². The Morgan fingerprint density at radius 2 is 1.66 bits per heavy atom. The van der Waals surface area contributed by atoms with Crippen molar-refractivity contribution in [3.63, 3.8) is 0 Å². The highest BCUT2D eigenvalue weighted by Gasteiger charge is 2.24. The second kappa shape index (κ2) is 12.3. The summed E-state index contributed by atoms with van der Waals surface area (Å²) in [6, 6.07) is 15.3. The van der Waals surface area contributed by atoms with Crippen molar-refractivity contribution in [1.82, 2.24) is 25.3 Å². The number of likely N-dealkylation sites (tertiary alicyclic amines) is 1. The molecule has 2 N–H and O–H groups in total. The summed E-state index contributed by atoms with van der Waals surface area (Å²) in [4.78, 5) is 21.2. The molecule has 2 saturated heterocycles. The van der Waals surface area contributed by atoms with Crippen molar-refractivity contribution in [3.05, 3.63) is 58.3 Å². The standard InChI is InChI=1S/C25H37N5OS/c31-25(27-20-23(24-10-6-19-32-24)30-13-4-5-14-30)26-11-7-12-28-15-17-29(18-16-28)21-22-8-2-1-3-9-22/h1-3,6,8-10,19,23H,4-5,7,11-18,20-21H2,(H2,26,27,31). The van der Waals surface area contributed by atoms with Crippen LogP contribution in [0.3, 0.4) is 0 Å². The Labute approximate surface area is 196 Å². The van der Waals surface area contributed by atoms with Crippen LogP contribution in [0.25, 0.3) is 0 Å². The zero-order valence-corrected chi connectivity index (χ0v) is 19.9. The lowest BCUT2D eigenvalue weighted by atomic mass is 10.2. The second-order valence-corrected chi connectivity index (χ2v) is 9.85. The zero-order chi connectivity index (χ0) is 22.0. The summed E-state index contributed by atoms with van der Waals surface area (Å²) in [5, 5.41) is 8.29. The van der Waals surface area contributed by atoms with Gasteiger partial charge in [-0.05, 0) is 55.9 Å². The number of carbonyl (C=O) groups excluding carboxylic acids is 1. The van der Waals surface area contributed by atoms with Crippen LogP contribution in [0.2, 0.25) is 0 Å². The maximum absolute atomic E-state index is 12.3. The Balaban J connectivity index is 1.09. The number of hydrogen-bond acceptors (Lipinski definition) is 5. The van der Waals surface area contributed by atoms with Gasteiger partial charge in [-0.1, -0.05) is 36.4 Å². The summed E-state index contributed by atoms with van der Waals surface area (Å²) >= 11 is 1.78. The Kier molecular flexibility index (Phi) is 8.97. The van der Waals surface area contributed by atoms with Crippen LogP contribution in [-0.4, -0.2) is 79.6 Å². The molecule has 1 aromatic carbocycles. The predicted molar refractivity (Wildman–Crippen MR) is 132 cm³/mol. The number of amides is 2. The fraction of sp³-hybridized carbons (Fsp3) is 0.560. The van der Waals surface area contributed by atoms with Gasteiger partial charge in [-0.3, -0.25) is 9.80 Å². The molecule has 2 fully saturated rings. The first-order valence-corrected chi connectivity index (χ1v) is 12.9. The molecule has 0 spiro atoms. The topological polar surface area (TPSA) is 50.9 Å². The van der Waals surface area contributed by atoms with Crippen molar-refractivity contribution < 1.29 is 4.79 Å². The number of urea groups is 1. The molecule has 0 radical (unpaired) electrons. The first-order chi connectivity index (χ1) is 15.8. The lowest BCUT2D eigenvalue weighted by Crippen LogP contribution is -2.46. The molecule has 1 atom stereocenters. The number of thiophene rings is 1. The molecule has 3 heterocycles. The molecule has 2 aliphatic heterocycles. The highest BCUT2D eigenvalue weighted by atomic mass is 32.1. The van der Waals surface area contributed by atoms with Crippen LogP contribution in [0.15, 0.2) is 47.8 Å². The summed E-state index contributed by atoms with van der Waals surface area (Å²) in [5.41, 5.74) is 1.39. The van der Waals surface area contributed by atoms with Crippen LogP contribution in [-0.2, 0) is 6.54 Å². The van der Waals surface area contributed by atoms with Gasteiger partial charge in [-0.25, -0.2) is 4.79 Å². The first-order valence-electron chi connectivity index (χ1n) is 12.1. The van der Waals surface area contributed by atoms with Crippen LogP contribution >= 0.6 is 11.3 Å². The van der Waals surface area contributed by atoms with E-state index in [2.05, 4.69) is 73.2 Å². The van der Waals surface area contributed by atoms with Gasteiger partial charge in [0.25, 0.3) is 0 Å². The molecule has 0 saturated carbocycles. The molecule has 2 aromatic rings. The summed E-state index contributed by atoms with van der Waals surface area (Å²) in [7, 11) is 0. The van der Waals surface area contributed by atoms with Gasteiger partial charge >= 0.3 is 6.03 Å². The molecule has 6 nitrogen and oxygen atoms in total. The predicted octanol–water partition coefficient (Wildman–Crippen LogP) is 3.39. The van der Waals surface area contributed by atoms with Gasteiger partial charge in [0.15, 0.2) is 0 Å². The molecule has 1 aromatic heterocycles. The van der Waals surface area contributed by atoms with Crippen molar-refractivity contribution in [2.45, 2.75) is 31.8 Å². The summed E-state index contributed by atoms with van der Waals surface area (Å²) in [5.74, 6) is 0. The van der Waals surface area contributed by atoms with Crippen molar-refractivity contribution in [2.24, 2.45) is 0 Å². The van der Waals surface area contributed by atoms with E-state index < -0.39 is 0 Å². The van der Waals surface area contributed by atoms with Crippen LogP contribution in [0.4, 0.5) is 4.79 Å². The van der Waals surface area contributed by atoms with E-state index in [0.29, 0.717) is 12.6 Å². The minimum absolute atomic E-state index is 0.0431. The van der Waals surface area contributed by atoms with Gasteiger partial charge in [0, 0.05) is 50.7 Å². The van der Waals surface area contributed by atoms with Gasteiger partial charge in [0.2, 0.25) is 0 Å². The molecular weight excluding hydrogens is 418 g/mol. The maximum atomic E-state index is 12.3. The number of benzene rings is 1. The van der Waals surface area contributed by atoms with E-state index in [1.807, 2.05) is 0 Å². The van der Waals surface area contributed by atoms with E-state index in [-0.39, 0.29) is 6.03 Å². The zero-order valence-electron chi connectivity index (χ0n) is 19.0. The maximum Gasteiger partial charge on any atom is 0.314 e. The highest BCUT2D eigenvalue weighted by Crippen LogP contribution is 2.27. The number of carbonyl (C=O) groups is 1. The van der Waals surface area contributed by atoms with Gasteiger partial charge in [-0.15, -0.1) is 11.3 Å². The number of nitrogens with one attached hydrogen (secondary N) is 2. The molecule has 2 aliphatic rings. The van der Waals surface area contributed by atoms with Gasteiger partial charge in [0.1, 0.15) is 0 Å². The third-order valence-electron chi connectivity index (χ3n) is 6.56. The minimum atomic E-state index is -0.0431. The fourth-order valence-corrected chi connectivity index (χ4v) is 5.57. The van der Waals surface area contributed by atoms with Gasteiger partial charge < -0.3 is 15.5 Å². The Morgan fingerprint density at radius 1 is 0.906 bits per heavy atom. The lowest BCUT2D eigenvalue weighted by Gasteiger charge is -2.34. The molecule has 7 heteroatoms. The summed E-state index contributed by atoms with van der Waals surface area (Å²) in [6.07, 6.45) is 3.51. The Morgan fingerprint density at radius 3 is 2.38 bits per heavy atom. The SMILES string of the molecule is O=C(NCCCN1CCN(Cc2ccccc2)CC1)NCC(c1cccs1)N1CCCC1. The van der Waals surface area contributed by atoms with E-state index in [1.165, 1.54) is 23.3 Å². The fourth-order valence-electron chi connectivity index (χ4n) is 4.71. The highest BCUT2D eigenvalue weighted by molar-refractivity contribution is 7.10.